The number of hydrogen-bond donors (Lipinski definition) is 1. The standard InChI is InChI=1S/C19H15Cl2N3O4S/c20-12-6-5-11(13(21)7-12)8-22-17(25)10-29-19-24-23-18(28-19)16-9-26-14-3-1-2-4-15(14)27-16/h1-7,16H,8-10H2,(H,22,25). The van der Waals surface area contributed by atoms with Gasteiger partial charge in [0.2, 0.25) is 12.0 Å². The average molecular weight is 452 g/mol. The van der Waals surface area contributed by atoms with Crippen LogP contribution in [0.5, 0.6) is 11.5 Å². The first kappa shape index (κ1) is 19.9. The molecule has 2 heterocycles. The molecule has 1 aliphatic heterocycles. The van der Waals surface area contributed by atoms with Crippen LogP contribution < -0.4 is 14.8 Å². The van der Waals surface area contributed by atoms with Crippen molar-refractivity contribution in [2.45, 2.75) is 17.9 Å². The van der Waals surface area contributed by atoms with Gasteiger partial charge in [-0.3, -0.25) is 4.79 Å². The molecular formula is C19H15Cl2N3O4S. The van der Waals surface area contributed by atoms with Gasteiger partial charge in [0.25, 0.3) is 11.1 Å². The van der Waals surface area contributed by atoms with E-state index in [2.05, 4.69) is 15.5 Å². The summed E-state index contributed by atoms with van der Waals surface area (Å²) in [6, 6.07) is 12.5. The molecule has 0 saturated heterocycles. The SMILES string of the molecule is O=C(CSc1nnc(C2COc3ccccc3O2)o1)NCc1ccc(Cl)cc1Cl. The molecule has 0 radical (unpaired) electrons. The monoisotopic (exact) mass is 451 g/mol. The molecule has 7 nitrogen and oxygen atoms in total. The maximum Gasteiger partial charge on any atom is 0.277 e. The predicted molar refractivity (Wildman–Crippen MR) is 109 cm³/mol. The minimum atomic E-state index is -0.493. The highest BCUT2D eigenvalue weighted by molar-refractivity contribution is 7.99. The Morgan fingerprint density at radius 1 is 1.17 bits per heavy atom. The summed E-state index contributed by atoms with van der Waals surface area (Å²) in [6.07, 6.45) is -0.493. The van der Waals surface area contributed by atoms with E-state index in [0.29, 0.717) is 34.0 Å². The number of carbonyl (C=O) groups excluding carboxylic acids is 1. The first-order chi connectivity index (χ1) is 14.1. The largest absolute Gasteiger partial charge is 0.485 e. The molecule has 0 bridgehead atoms. The Hall–Kier alpha value is -2.42. The van der Waals surface area contributed by atoms with E-state index in [9.17, 15) is 4.79 Å². The first-order valence-corrected chi connectivity index (χ1v) is 10.4. The molecule has 29 heavy (non-hydrogen) atoms. The molecule has 1 N–H and O–H groups in total. The number of halogens is 2. The highest BCUT2D eigenvalue weighted by Gasteiger charge is 2.27. The van der Waals surface area contributed by atoms with E-state index < -0.39 is 6.10 Å². The lowest BCUT2D eigenvalue weighted by atomic mass is 10.2. The molecule has 1 atom stereocenters. The average Bonchev–Trinajstić information content (AvgIpc) is 3.20. The maximum absolute atomic E-state index is 12.1. The van der Waals surface area contributed by atoms with Crippen molar-refractivity contribution >= 4 is 40.9 Å². The smallest absolute Gasteiger partial charge is 0.277 e. The number of fused-ring (bicyclic) bond motifs is 1. The van der Waals surface area contributed by atoms with E-state index in [0.717, 1.165) is 17.3 Å². The number of aromatic nitrogens is 2. The lowest BCUT2D eigenvalue weighted by Gasteiger charge is -2.23. The molecule has 4 rings (SSSR count). The minimum Gasteiger partial charge on any atom is -0.485 e. The van der Waals surface area contributed by atoms with Crippen molar-refractivity contribution in [3.05, 3.63) is 64.0 Å². The number of carbonyl (C=O) groups is 1. The van der Waals surface area contributed by atoms with E-state index >= 15 is 0 Å². The number of nitrogens with zero attached hydrogens (tertiary/aromatic N) is 2. The molecule has 0 fully saturated rings. The number of nitrogens with one attached hydrogen (secondary N) is 1. The van der Waals surface area contributed by atoms with Gasteiger partial charge >= 0.3 is 0 Å². The van der Waals surface area contributed by atoms with Crippen LogP contribution in [0, 0.1) is 0 Å². The van der Waals surface area contributed by atoms with Crippen LogP contribution in [0.25, 0.3) is 0 Å². The second kappa shape index (κ2) is 8.94. The van der Waals surface area contributed by atoms with Crippen molar-refractivity contribution in [1.82, 2.24) is 15.5 Å². The summed E-state index contributed by atoms with van der Waals surface area (Å²) >= 11 is 13.1. The third kappa shape index (κ3) is 4.95. The third-order valence-electron chi connectivity index (χ3n) is 4.02. The second-order valence-corrected chi connectivity index (χ2v) is 7.84. The van der Waals surface area contributed by atoms with Crippen molar-refractivity contribution in [1.29, 1.82) is 0 Å². The van der Waals surface area contributed by atoms with Crippen LogP contribution in [0.3, 0.4) is 0 Å². The Balaban J connectivity index is 1.28. The van der Waals surface area contributed by atoms with Crippen molar-refractivity contribution in [2.75, 3.05) is 12.4 Å². The van der Waals surface area contributed by atoms with Crippen LogP contribution >= 0.6 is 35.0 Å². The fraction of sp³-hybridized carbons (Fsp3) is 0.211. The van der Waals surface area contributed by atoms with E-state index in [-0.39, 0.29) is 23.5 Å². The summed E-state index contributed by atoms with van der Waals surface area (Å²) in [7, 11) is 0. The Morgan fingerprint density at radius 3 is 2.83 bits per heavy atom. The molecule has 1 unspecified atom stereocenters. The topological polar surface area (TPSA) is 86.5 Å². The third-order valence-corrected chi connectivity index (χ3v) is 5.43. The zero-order chi connectivity index (χ0) is 20.2. The Bertz CT molecular complexity index is 1030. The van der Waals surface area contributed by atoms with Crippen molar-refractivity contribution in [3.63, 3.8) is 0 Å². The van der Waals surface area contributed by atoms with E-state index in [1.54, 1.807) is 18.2 Å². The van der Waals surface area contributed by atoms with Crippen molar-refractivity contribution in [3.8, 4) is 11.5 Å². The molecule has 0 spiro atoms. The second-order valence-electron chi connectivity index (χ2n) is 6.07. The molecule has 1 aliphatic rings. The van der Waals surface area contributed by atoms with Crippen LogP contribution in [0.1, 0.15) is 17.6 Å². The van der Waals surface area contributed by atoms with Crippen LogP contribution in [0.2, 0.25) is 10.0 Å². The predicted octanol–water partition coefficient (Wildman–Crippen LogP) is 4.30. The van der Waals surface area contributed by atoms with E-state index in [4.69, 9.17) is 37.1 Å². The van der Waals surface area contributed by atoms with E-state index in [1.807, 2.05) is 24.3 Å². The van der Waals surface area contributed by atoms with Crippen molar-refractivity contribution < 1.29 is 18.7 Å². The summed E-state index contributed by atoms with van der Waals surface area (Å²) in [5.74, 6) is 1.53. The van der Waals surface area contributed by atoms with Gasteiger partial charge in [0.05, 0.1) is 5.75 Å². The first-order valence-electron chi connectivity index (χ1n) is 8.64. The normalized spacial score (nSPS) is 15.2. The summed E-state index contributed by atoms with van der Waals surface area (Å²) in [6.45, 7) is 0.572. The zero-order valence-corrected chi connectivity index (χ0v) is 17.3. The highest BCUT2D eigenvalue weighted by atomic mass is 35.5. The lowest BCUT2D eigenvalue weighted by molar-refractivity contribution is -0.118. The zero-order valence-electron chi connectivity index (χ0n) is 14.9. The lowest BCUT2D eigenvalue weighted by Crippen LogP contribution is -2.24. The van der Waals surface area contributed by atoms with Gasteiger partial charge in [-0.2, -0.15) is 0 Å². The molecular weight excluding hydrogens is 437 g/mol. The van der Waals surface area contributed by atoms with Gasteiger partial charge in [0.1, 0.15) is 6.61 Å². The van der Waals surface area contributed by atoms with Gasteiger partial charge in [-0.15, -0.1) is 10.2 Å². The Kier molecular flexibility index (Phi) is 6.13. The molecule has 1 amide bonds. The number of hydrogen-bond acceptors (Lipinski definition) is 7. The Labute approximate surface area is 180 Å². The molecule has 0 aliphatic carbocycles. The number of para-hydroxylation sites is 2. The summed E-state index contributed by atoms with van der Waals surface area (Å²) < 4.78 is 17.1. The van der Waals surface area contributed by atoms with Gasteiger partial charge < -0.3 is 19.2 Å². The van der Waals surface area contributed by atoms with Crippen LogP contribution in [-0.2, 0) is 11.3 Å². The quantitative estimate of drug-likeness (QED) is 0.558. The molecule has 10 heteroatoms. The molecule has 3 aromatic rings. The number of rotatable bonds is 6. The Morgan fingerprint density at radius 2 is 2.00 bits per heavy atom. The summed E-state index contributed by atoms with van der Waals surface area (Å²) in [5.41, 5.74) is 0.782. The van der Waals surface area contributed by atoms with Crippen molar-refractivity contribution in [2.24, 2.45) is 0 Å². The summed E-state index contributed by atoms with van der Waals surface area (Å²) in [4.78, 5) is 12.1. The minimum absolute atomic E-state index is 0.123. The fourth-order valence-corrected chi connectivity index (χ4v) is 3.66. The number of ether oxygens (including phenoxy) is 2. The summed E-state index contributed by atoms with van der Waals surface area (Å²) in [5, 5.41) is 12.1. The molecule has 1 aromatic heterocycles. The molecule has 0 saturated carbocycles. The highest BCUT2D eigenvalue weighted by Crippen LogP contribution is 2.35. The van der Waals surface area contributed by atoms with Crippen LogP contribution in [-0.4, -0.2) is 28.5 Å². The van der Waals surface area contributed by atoms with Gasteiger partial charge in [0, 0.05) is 16.6 Å². The number of thioether (sulfide) groups is 1. The van der Waals surface area contributed by atoms with Gasteiger partial charge in [-0.1, -0.05) is 53.2 Å². The van der Waals surface area contributed by atoms with Crippen LogP contribution in [0.4, 0.5) is 0 Å². The van der Waals surface area contributed by atoms with E-state index in [1.165, 1.54) is 0 Å². The van der Waals surface area contributed by atoms with Gasteiger partial charge in [0.15, 0.2) is 11.5 Å². The van der Waals surface area contributed by atoms with Crippen LogP contribution in [0.15, 0.2) is 52.1 Å². The van der Waals surface area contributed by atoms with Gasteiger partial charge in [-0.05, 0) is 29.8 Å². The fourth-order valence-electron chi connectivity index (χ4n) is 2.59. The maximum atomic E-state index is 12.1. The molecule has 150 valence electrons. The number of benzene rings is 2. The number of amides is 1. The van der Waals surface area contributed by atoms with Gasteiger partial charge in [-0.25, -0.2) is 0 Å². The molecule has 2 aromatic carbocycles.